The van der Waals surface area contributed by atoms with E-state index in [1.807, 2.05) is 30.3 Å². The van der Waals surface area contributed by atoms with Crippen LogP contribution in [0.5, 0.6) is 0 Å². The van der Waals surface area contributed by atoms with Crippen molar-refractivity contribution in [3.63, 3.8) is 0 Å². The van der Waals surface area contributed by atoms with Crippen LogP contribution in [-0.4, -0.2) is 13.1 Å². The molecule has 0 aliphatic carbocycles. The summed E-state index contributed by atoms with van der Waals surface area (Å²) in [5.41, 5.74) is 5.05. The largest absolute Gasteiger partial charge is 0.455 e. The van der Waals surface area contributed by atoms with Crippen LogP contribution in [0.3, 0.4) is 0 Å². The molecule has 2 heterocycles. The molecule has 0 aliphatic rings. The van der Waals surface area contributed by atoms with E-state index in [4.69, 9.17) is 21.0 Å². The molecule has 0 aliphatic heterocycles. The molecule has 0 bridgehead atoms. The molecule has 0 fully saturated rings. The first-order valence-corrected chi connectivity index (χ1v) is 13.7. The van der Waals surface area contributed by atoms with E-state index >= 15 is 0 Å². The van der Waals surface area contributed by atoms with E-state index in [0.717, 1.165) is 39.6 Å². The topological polar surface area (TPSA) is 26.0 Å². The van der Waals surface area contributed by atoms with E-state index in [1.54, 1.807) is 0 Å². The van der Waals surface area contributed by atoms with Crippen LogP contribution in [0.2, 0.25) is 24.7 Å². The Morgan fingerprint density at radius 1 is 1.07 bits per heavy atom. The van der Waals surface area contributed by atoms with Crippen LogP contribution in [-0.2, 0) is 6.42 Å². The molecule has 2 aromatic carbocycles. The van der Waals surface area contributed by atoms with Crippen molar-refractivity contribution in [2.45, 2.75) is 39.9 Å². The number of halogens is 1. The summed E-state index contributed by atoms with van der Waals surface area (Å²) < 4.78 is 6.22. The maximum absolute atomic E-state index is 6.55. The average molecular weight is 408 g/mol. The molecule has 4 aromatic rings. The van der Waals surface area contributed by atoms with E-state index in [-0.39, 0.29) is 0 Å². The summed E-state index contributed by atoms with van der Waals surface area (Å²) in [7, 11) is -1.46. The Hall–Kier alpha value is -2.10. The van der Waals surface area contributed by atoms with Gasteiger partial charge in [-0.25, -0.2) is 0 Å². The first kappa shape index (κ1) is 19.2. The first-order chi connectivity index (χ1) is 13.3. The number of hydrogen-bond donors (Lipinski definition) is 0. The quantitative estimate of drug-likeness (QED) is 0.339. The van der Waals surface area contributed by atoms with Gasteiger partial charge in [0.1, 0.15) is 11.2 Å². The zero-order chi connectivity index (χ0) is 20.1. The average Bonchev–Trinajstić information content (AvgIpc) is 3.00. The fourth-order valence-electron chi connectivity index (χ4n) is 3.92. The van der Waals surface area contributed by atoms with Gasteiger partial charge in [0, 0.05) is 22.5 Å². The van der Waals surface area contributed by atoms with Gasteiger partial charge in [0.15, 0.2) is 0 Å². The minimum Gasteiger partial charge on any atom is -0.455 e. The second-order valence-electron chi connectivity index (χ2n) is 8.97. The number of pyridine rings is 1. The van der Waals surface area contributed by atoms with E-state index < -0.39 is 8.07 Å². The van der Waals surface area contributed by atoms with E-state index in [2.05, 4.69) is 51.8 Å². The molecule has 0 amide bonds. The van der Waals surface area contributed by atoms with Crippen molar-refractivity contribution in [1.82, 2.24) is 4.98 Å². The maximum atomic E-state index is 6.55. The maximum Gasteiger partial charge on any atom is 0.146 e. The lowest BCUT2D eigenvalue weighted by molar-refractivity contribution is 0.648. The Morgan fingerprint density at radius 2 is 1.82 bits per heavy atom. The lowest BCUT2D eigenvalue weighted by Gasteiger charge is -2.22. The molecule has 0 spiro atoms. The summed E-state index contributed by atoms with van der Waals surface area (Å²) in [6, 6.07) is 14.3. The number of rotatable bonds is 4. The fraction of sp³-hybridized carbons (Fsp3) is 0.292. The Balaban J connectivity index is 1.96. The molecular weight excluding hydrogens is 382 g/mol. The summed E-state index contributed by atoms with van der Waals surface area (Å²) in [6.45, 7) is 11.7. The third-order valence-electron chi connectivity index (χ3n) is 5.18. The normalized spacial score (nSPS) is 12.4. The number of fused-ring (bicyclic) bond motifs is 3. The van der Waals surface area contributed by atoms with E-state index in [0.29, 0.717) is 10.9 Å². The van der Waals surface area contributed by atoms with Crippen LogP contribution in [0.15, 0.2) is 53.1 Å². The monoisotopic (exact) mass is 407 g/mol. The Bertz CT molecular complexity index is 1170. The highest BCUT2D eigenvalue weighted by atomic mass is 35.5. The smallest absolute Gasteiger partial charge is 0.146 e. The van der Waals surface area contributed by atoms with Crippen molar-refractivity contribution in [2.75, 3.05) is 0 Å². The van der Waals surface area contributed by atoms with Gasteiger partial charge in [-0.15, -0.1) is 0 Å². The van der Waals surface area contributed by atoms with Crippen LogP contribution >= 0.6 is 11.6 Å². The first-order valence-electron chi connectivity index (χ1n) is 9.85. The second kappa shape index (κ2) is 7.05. The molecule has 0 atom stereocenters. The zero-order valence-electron chi connectivity index (χ0n) is 17.1. The van der Waals surface area contributed by atoms with Crippen molar-refractivity contribution in [3.05, 3.63) is 59.2 Å². The summed E-state index contributed by atoms with van der Waals surface area (Å²) >= 11 is 6.55. The van der Waals surface area contributed by atoms with Crippen molar-refractivity contribution >= 4 is 46.8 Å². The van der Waals surface area contributed by atoms with Crippen LogP contribution in [0.4, 0.5) is 0 Å². The third-order valence-corrected chi connectivity index (χ3v) is 7.56. The predicted molar refractivity (Wildman–Crippen MR) is 123 cm³/mol. The Morgan fingerprint density at radius 3 is 2.54 bits per heavy atom. The zero-order valence-corrected chi connectivity index (χ0v) is 18.9. The lowest BCUT2D eigenvalue weighted by atomic mass is 10.0. The van der Waals surface area contributed by atoms with Gasteiger partial charge in [-0.3, -0.25) is 4.98 Å². The Kier molecular flexibility index (Phi) is 4.84. The standard InChI is InChI=1S/C24H26ClNOSi/c1-15(2)12-16-13-20(26-14-22(16)28(3,4)5)17-10-11-19(25)23-18-8-6-7-9-21(18)27-24(17)23/h6-11,13-15H,12H2,1-5H3. The molecule has 28 heavy (non-hydrogen) atoms. The van der Waals surface area contributed by atoms with Gasteiger partial charge in [-0.2, -0.15) is 0 Å². The van der Waals surface area contributed by atoms with Crippen molar-refractivity contribution in [3.8, 4) is 11.3 Å². The van der Waals surface area contributed by atoms with Gasteiger partial charge < -0.3 is 4.42 Å². The van der Waals surface area contributed by atoms with Crippen LogP contribution < -0.4 is 5.19 Å². The molecule has 0 saturated heterocycles. The number of aromatic nitrogens is 1. The van der Waals surface area contributed by atoms with Crippen LogP contribution in [0.1, 0.15) is 19.4 Å². The summed E-state index contributed by atoms with van der Waals surface area (Å²) in [5, 5.41) is 4.17. The predicted octanol–water partition coefficient (Wildman–Crippen LogP) is 7.05. The molecule has 144 valence electrons. The SMILES string of the molecule is CC(C)Cc1cc(-c2ccc(Cl)c3c2oc2ccccc23)ncc1[Si](C)(C)C. The van der Waals surface area contributed by atoms with Gasteiger partial charge in [-0.1, -0.05) is 63.3 Å². The molecular formula is C24H26ClNOSi. The molecule has 0 radical (unpaired) electrons. The van der Waals surface area contributed by atoms with Gasteiger partial charge in [0.05, 0.1) is 18.8 Å². The summed E-state index contributed by atoms with van der Waals surface area (Å²) in [6.07, 6.45) is 3.16. The van der Waals surface area contributed by atoms with Crippen molar-refractivity contribution in [2.24, 2.45) is 5.92 Å². The van der Waals surface area contributed by atoms with E-state index in [9.17, 15) is 0 Å². The highest BCUT2D eigenvalue weighted by Gasteiger charge is 2.23. The molecule has 2 aromatic heterocycles. The number of hydrogen-bond acceptors (Lipinski definition) is 2. The van der Waals surface area contributed by atoms with E-state index in [1.165, 1.54) is 10.8 Å². The highest BCUT2D eigenvalue weighted by molar-refractivity contribution is 6.89. The Labute approximate surface area is 172 Å². The summed E-state index contributed by atoms with van der Waals surface area (Å²) in [4.78, 5) is 4.86. The number of benzene rings is 2. The number of nitrogens with zero attached hydrogens (tertiary/aromatic N) is 1. The minimum absolute atomic E-state index is 0.599. The third kappa shape index (κ3) is 3.38. The molecule has 4 rings (SSSR count). The van der Waals surface area contributed by atoms with Gasteiger partial charge >= 0.3 is 0 Å². The number of para-hydroxylation sites is 1. The molecule has 2 nitrogen and oxygen atoms in total. The van der Waals surface area contributed by atoms with Crippen molar-refractivity contribution in [1.29, 1.82) is 0 Å². The fourth-order valence-corrected chi connectivity index (χ4v) is 5.76. The van der Waals surface area contributed by atoms with Crippen LogP contribution in [0.25, 0.3) is 33.2 Å². The summed E-state index contributed by atoms with van der Waals surface area (Å²) in [5.74, 6) is 0.599. The molecule has 0 N–H and O–H groups in total. The lowest BCUT2D eigenvalue weighted by Crippen LogP contribution is -2.40. The molecule has 0 unspecified atom stereocenters. The van der Waals surface area contributed by atoms with Gasteiger partial charge in [0.2, 0.25) is 0 Å². The van der Waals surface area contributed by atoms with Gasteiger partial charge in [0.25, 0.3) is 0 Å². The van der Waals surface area contributed by atoms with Gasteiger partial charge in [-0.05, 0) is 47.4 Å². The highest BCUT2D eigenvalue weighted by Crippen LogP contribution is 2.39. The van der Waals surface area contributed by atoms with Crippen molar-refractivity contribution < 1.29 is 4.42 Å². The number of furan rings is 1. The molecule has 0 saturated carbocycles. The molecule has 4 heteroatoms. The van der Waals surface area contributed by atoms with Crippen LogP contribution in [0, 0.1) is 5.92 Å². The second-order valence-corrected chi connectivity index (χ2v) is 14.4. The minimum atomic E-state index is -1.46.